The normalized spacial score (nSPS) is 13.7. The molecule has 0 saturated carbocycles. The Morgan fingerprint density at radius 3 is 2.28 bits per heavy atom. The number of carbonyl (C=O) groups is 1. The van der Waals surface area contributed by atoms with Gasteiger partial charge in [-0.25, -0.2) is 4.68 Å². The van der Waals surface area contributed by atoms with E-state index in [-0.39, 0.29) is 17.5 Å². The molecule has 0 radical (unpaired) electrons. The summed E-state index contributed by atoms with van der Waals surface area (Å²) in [5.41, 5.74) is 2.23. The van der Waals surface area contributed by atoms with Crippen LogP contribution in [-0.4, -0.2) is 61.0 Å². The van der Waals surface area contributed by atoms with E-state index in [1.165, 1.54) is 17.9 Å². The number of aryl methyl sites for hydroxylation is 1. The van der Waals surface area contributed by atoms with E-state index in [1.807, 2.05) is 55.5 Å². The number of para-hydroxylation sites is 2. The molecule has 8 nitrogen and oxygen atoms in total. The molecule has 2 heterocycles. The number of anilines is 1. The standard InChI is InChI=1S/C24H26N4O4/c1-17-8-10-18(11-9-17)28-22(32-3)16-20(29)23(25-28)24(30)27-14-12-26(13-15-27)19-6-4-5-7-21(19)31-2/h4-11,16H,12-15H2,1-3H3. The first-order valence-electron chi connectivity index (χ1n) is 10.4. The van der Waals surface area contributed by atoms with Gasteiger partial charge in [-0.1, -0.05) is 29.8 Å². The number of ether oxygens (including phenoxy) is 2. The van der Waals surface area contributed by atoms with Crippen LogP contribution in [0.4, 0.5) is 5.69 Å². The van der Waals surface area contributed by atoms with E-state index >= 15 is 0 Å². The molecule has 0 spiro atoms. The fourth-order valence-corrected chi connectivity index (χ4v) is 3.80. The zero-order valence-corrected chi connectivity index (χ0v) is 18.4. The molecular weight excluding hydrogens is 408 g/mol. The highest BCUT2D eigenvalue weighted by Gasteiger charge is 2.27. The van der Waals surface area contributed by atoms with E-state index in [0.29, 0.717) is 31.9 Å². The third kappa shape index (κ3) is 4.16. The van der Waals surface area contributed by atoms with Crippen molar-refractivity contribution >= 4 is 11.6 Å². The van der Waals surface area contributed by atoms with Crippen molar-refractivity contribution in [3.63, 3.8) is 0 Å². The van der Waals surface area contributed by atoms with Crippen molar-refractivity contribution in [1.29, 1.82) is 0 Å². The van der Waals surface area contributed by atoms with Crippen molar-refractivity contribution in [2.45, 2.75) is 6.92 Å². The van der Waals surface area contributed by atoms with Crippen LogP contribution in [-0.2, 0) is 0 Å². The average molecular weight is 434 g/mol. The Bertz CT molecular complexity index is 1170. The zero-order valence-electron chi connectivity index (χ0n) is 18.4. The van der Waals surface area contributed by atoms with Gasteiger partial charge in [-0.15, -0.1) is 0 Å². The topological polar surface area (TPSA) is 76.9 Å². The van der Waals surface area contributed by atoms with Crippen LogP contribution < -0.4 is 19.8 Å². The lowest BCUT2D eigenvalue weighted by Crippen LogP contribution is -2.50. The van der Waals surface area contributed by atoms with Crippen LogP contribution in [0.25, 0.3) is 5.69 Å². The fourth-order valence-electron chi connectivity index (χ4n) is 3.80. The Labute approximate surface area is 186 Å². The van der Waals surface area contributed by atoms with Crippen LogP contribution in [0.2, 0.25) is 0 Å². The van der Waals surface area contributed by atoms with Crippen molar-refractivity contribution in [3.05, 3.63) is 76.1 Å². The molecule has 1 amide bonds. The fraction of sp³-hybridized carbons (Fsp3) is 0.292. The van der Waals surface area contributed by atoms with Gasteiger partial charge >= 0.3 is 0 Å². The number of hydrogen-bond donors (Lipinski definition) is 0. The number of methoxy groups -OCH3 is 2. The SMILES string of the molecule is COc1ccccc1N1CCN(C(=O)c2nn(-c3ccc(C)cc3)c(OC)cc2=O)CC1. The third-order valence-electron chi connectivity index (χ3n) is 5.58. The maximum absolute atomic E-state index is 13.2. The predicted octanol–water partition coefficient (Wildman–Crippen LogP) is 2.52. The van der Waals surface area contributed by atoms with Gasteiger partial charge in [0.25, 0.3) is 5.91 Å². The Balaban J connectivity index is 1.57. The second kappa shape index (κ2) is 9.13. The lowest BCUT2D eigenvalue weighted by Gasteiger charge is -2.36. The molecule has 1 fully saturated rings. The first kappa shape index (κ1) is 21.4. The molecule has 1 saturated heterocycles. The summed E-state index contributed by atoms with van der Waals surface area (Å²) in [6.07, 6.45) is 0. The molecule has 8 heteroatoms. The highest BCUT2D eigenvalue weighted by atomic mass is 16.5. The second-order valence-electron chi connectivity index (χ2n) is 7.60. The molecule has 4 rings (SSSR count). The lowest BCUT2D eigenvalue weighted by molar-refractivity contribution is 0.0737. The average Bonchev–Trinajstić information content (AvgIpc) is 2.84. The third-order valence-corrected chi connectivity index (χ3v) is 5.58. The van der Waals surface area contributed by atoms with Gasteiger partial charge in [-0.3, -0.25) is 9.59 Å². The first-order chi connectivity index (χ1) is 15.5. The molecular formula is C24H26N4O4. The summed E-state index contributed by atoms with van der Waals surface area (Å²) in [6.45, 7) is 4.21. The molecule has 1 aromatic heterocycles. The molecule has 0 unspecified atom stereocenters. The Kier molecular flexibility index (Phi) is 6.11. The molecule has 0 bridgehead atoms. The number of piperazine rings is 1. The van der Waals surface area contributed by atoms with Crippen molar-refractivity contribution in [2.24, 2.45) is 0 Å². The van der Waals surface area contributed by atoms with Crippen LogP contribution in [0.3, 0.4) is 0 Å². The Hall–Kier alpha value is -3.81. The van der Waals surface area contributed by atoms with Crippen LogP contribution >= 0.6 is 0 Å². The number of benzene rings is 2. The maximum atomic E-state index is 13.2. The minimum Gasteiger partial charge on any atom is -0.495 e. The van der Waals surface area contributed by atoms with Crippen LogP contribution in [0.1, 0.15) is 16.1 Å². The Morgan fingerprint density at radius 1 is 0.938 bits per heavy atom. The van der Waals surface area contributed by atoms with Crippen LogP contribution in [0.15, 0.2) is 59.4 Å². The summed E-state index contributed by atoms with van der Waals surface area (Å²) in [5.74, 6) is 0.694. The van der Waals surface area contributed by atoms with E-state index in [2.05, 4.69) is 10.00 Å². The zero-order chi connectivity index (χ0) is 22.7. The number of rotatable bonds is 5. The number of carbonyl (C=O) groups excluding carboxylic acids is 1. The van der Waals surface area contributed by atoms with Crippen molar-refractivity contribution in [2.75, 3.05) is 45.3 Å². The summed E-state index contributed by atoms with van der Waals surface area (Å²) >= 11 is 0. The van der Waals surface area contributed by atoms with E-state index < -0.39 is 5.43 Å². The highest BCUT2D eigenvalue weighted by Crippen LogP contribution is 2.28. The van der Waals surface area contributed by atoms with E-state index in [9.17, 15) is 9.59 Å². The van der Waals surface area contributed by atoms with Gasteiger partial charge in [-0.2, -0.15) is 5.10 Å². The van der Waals surface area contributed by atoms with Gasteiger partial charge < -0.3 is 19.3 Å². The molecule has 32 heavy (non-hydrogen) atoms. The smallest absolute Gasteiger partial charge is 0.278 e. The van der Waals surface area contributed by atoms with Gasteiger partial charge in [0.2, 0.25) is 11.3 Å². The van der Waals surface area contributed by atoms with Crippen LogP contribution in [0.5, 0.6) is 11.6 Å². The quantitative estimate of drug-likeness (QED) is 0.614. The van der Waals surface area contributed by atoms with Crippen molar-refractivity contribution in [3.8, 4) is 17.3 Å². The highest BCUT2D eigenvalue weighted by molar-refractivity contribution is 5.92. The molecule has 166 valence electrons. The molecule has 1 aliphatic rings. The largest absolute Gasteiger partial charge is 0.495 e. The van der Waals surface area contributed by atoms with Crippen molar-refractivity contribution in [1.82, 2.24) is 14.7 Å². The number of nitrogens with zero attached hydrogens (tertiary/aromatic N) is 4. The van der Waals surface area contributed by atoms with Gasteiger partial charge in [0, 0.05) is 26.2 Å². The number of amides is 1. The molecule has 3 aromatic rings. The summed E-state index contributed by atoms with van der Waals surface area (Å²) in [7, 11) is 3.12. The first-order valence-corrected chi connectivity index (χ1v) is 10.4. The molecule has 1 aliphatic heterocycles. The monoisotopic (exact) mass is 434 g/mol. The summed E-state index contributed by atoms with van der Waals surface area (Å²) in [4.78, 5) is 29.7. The van der Waals surface area contributed by atoms with Crippen molar-refractivity contribution < 1.29 is 14.3 Å². The van der Waals surface area contributed by atoms with Crippen LogP contribution in [0, 0.1) is 6.92 Å². The van der Waals surface area contributed by atoms with Gasteiger partial charge in [-0.05, 0) is 31.2 Å². The summed E-state index contributed by atoms with van der Waals surface area (Å²) in [6, 6.07) is 16.7. The van der Waals surface area contributed by atoms with E-state index in [0.717, 1.165) is 17.0 Å². The molecule has 0 aliphatic carbocycles. The van der Waals surface area contributed by atoms with Gasteiger partial charge in [0.1, 0.15) is 5.75 Å². The maximum Gasteiger partial charge on any atom is 0.278 e. The van der Waals surface area contributed by atoms with E-state index in [1.54, 1.807) is 12.0 Å². The van der Waals surface area contributed by atoms with Gasteiger partial charge in [0.05, 0.1) is 31.7 Å². The second-order valence-corrected chi connectivity index (χ2v) is 7.60. The summed E-state index contributed by atoms with van der Waals surface area (Å²) in [5, 5.41) is 4.38. The molecule has 0 atom stereocenters. The molecule has 2 aromatic carbocycles. The number of aromatic nitrogens is 2. The van der Waals surface area contributed by atoms with Gasteiger partial charge in [0.15, 0.2) is 5.69 Å². The molecule has 0 N–H and O–H groups in total. The number of hydrogen-bond acceptors (Lipinski definition) is 6. The van der Waals surface area contributed by atoms with E-state index in [4.69, 9.17) is 9.47 Å². The lowest BCUT2D eigenvalue weighted by atomic mass is 10.2. The predicted molar refractivity (Wildman–Crippen MR) is 122 cm³/mol. The summed E-state index contributed by atoms with van der Waals surface area (Å²) < 4.78 is 12.3. The minimum absolute atomic E-state index is 0.114. The Morgan fingerprint density at radius 2 is 1.62 bits per heavy atom. The minimum atomic E-state index is -0.456.